The summed E-state index contributed by atoms with van der Waals surface area (Å²) in [7, 11) is 5.41. The molecule has 8 nitrogen and oxygen atoms in total. The molecule has 8 heteroatoms. The minimum atomic E-state index is -1.12. The van der Waals surface area contributed by atoms with Crippen molar-refractivity contribution in [2.45, 2.75) is 212 Å². The van der Waals surface area contributed by atoms with Gasteiger partial charge in [0.2, 0.25) is 0 Å². The van der Waals surface area contributed by atoms with Crippen LogP contribution < -0.4 is 5.11 Å². The second-order valence-corrected chi connectivity index (χ2v) is 15.6. The average molecular weight is 712 g/mol. The van der Waals surface area contributed by atoms with Crippen molar-refractivity contribution in [2.75, 3.05) is 41.0 Å². The van der Waals surface area contributed by atoms with Crippen molar-refractivity contribution in [2.24, 2.45) is 0 Å². The van der Waals surface area contributed by atoms with Gasteiger partial charge in [0.25, 0.3) is 0 Å². The summed E-state index contributed by atoms with van der Waals surface area (Å²) in [5.41, 5.74) is 0. The number of rotatable bonds is 38. The molecule has 0 heterocycles. The Hall–Kier alpha value is -1.67. The van der Waals surface area contributed by atoms with E-state index in [9.17, 15) is 19.5 Å². The van der Waals surface area contributed by atoms with Crippen molar-refractivity contribution in [3.63, 3.8) is 0 Å². The molecular weight excluding hydrogens is 630 g/mol. The summed E-state index contributed by atoms with van der Waals surface area (Å²) in [5.74, 6) is -1.72. The summed E-state index contributed by atoms with van der Waals surface area (Å²) in [4.78, 5) is 36.7. The van der Waals surface area contributed by atoms with Gasteiger partial charge in [-0.2, -0.15) is 0 Å². The van der Waals surface area contributed by atoms with Crippen LogP contribution in [0.2, 0.25) is 0 Å². The van der Waals surface area contributed by atoms with Gasteiger partial charge in [0.05, 0.1) is 40.3 Å². The maximum absolute atomic E-state index is 12.7. The number of ether oxygens (including phenoxy) is 3. The van der Waals surface area contributed by atoms with Gasteiger partial charge in [-0.3, -0.25) is 9.59 Å². The zero-order chi connectivity index (χ0) is 37.1. The van der Waals surface area contributed by atoms with Crippen molar-refractivity contribution in [3.8, 4) is 0 Å². The van der Waals surface area contributed by atoms with Crippen LogP contribution in [0.25, 0.3) is 0 Å². The molecule has 2 unspecified atom stereocenters. The van der Waals surface area contributed by atoms with Crippen LogP contribution in [-0.4, -0.2) is 75.5 Å². The standard InChI is InChI=1S/C42H81NO7/c1-6-8-10-12-14-16-18-20-21-23-25-27-29-31-33-41(45)50-38(36-48-35-34-39(42(46)47)43(3,4)5)37-49-40(44)32-30-28-26-24-22-19-17-15-13-11-9-7-2/h38-39H,6-37H2,1-5H3. The molecule has 0 aliphatic carbocycles. The van der Waals surface area contributed by atoms with Gasteiger partial charge in [-0.15, -0.1) is 0 Å². The lowest BCUT2D eigenvalue weighted by atomic mass is 10.0. The van der Waals surface area contributed by atoms with E-state index in [0.29, 0.717) is 12.8 Å². The molecule has 296 valence electrons. The summed E-state index contributed by atoms with van der Waals surface area (Å²) in [5, 5.41) is 11.6. The first-order valence-corrected chi connectivity index (χ1v) is 21.1. The van der Waals surface area contributed by atoms with E-state index in [1.807, 2.05) is 0 Å². The highest BCUT2D eigenvalue weighted by molar-refractivity contribution is 5.70. The lowest BCUT2D eigenvalue weighted by molar-refractivity contribution is -0.889. The summed E-state index contributed by atoms with van der Waals surface area (Å²) in [6.45, 7) is 4.68. The molecule has 0 radical (unpaired) electrons. The molecule has 0 aromatic carbocycles. The van der Waals surface area contributed by atoms with Crippen LogP contribution in [0.1, 0.15) is 200 Å². The van der Waals surface area contributed by atoms with Gasteiger partial charge in [0, 0.05) is 19.3 Å². The van der Waals surface area contributed by atoms with Crippen LogP contribution in [0.5, 0.6) is 0 Å². The quantitative estimate of drug-likeness (QED) is 0.0357. The predicted octanol–water partition coefficient (Wildman–Crippen LogP) is 9.64. The minimum Gasteiger partial charge on any atom is -0.544 e. The SMILES string of the molecule is CCCCCCCCCCCCCCCCC(=O)OC(COCCC(C(=O)[O-])[N+](C)(C)C)COC(=O)CCCCCCCCCCCCCC. The average Bonchev–Trinajstić information content (AvgIpc) is 3.06. The molecule has 0 aromatic heterocycles. The molecule has 0 spiro atoms. The summed E-state index contributed by atoms with van der Waals surface area (Å²) in [6, 6.07) is -0.718. The number of hydrogen-bond acceptors (Lipinski definition) is 7. The monoisotopic (exact) mass is 712 g/mol. The predicted molar refractivity (Wildman–Crippen MR) is 204 cm³/mol. The number of carboxylic acids is 1. The van der Waals surface area contributed by atoms with Gasteiger partial charge in [0.15, 0.2) is 6.10 Å². The third kappa shape index (κ3) is 32.3. The largest absolute Gasteiger partial charge is 0.544 e. The smallest absolute Gasteiger partial charge is 0.306 e. The Balaban J connectivity index is 4.34. The summed E-state index contributed by atoms with van der Waals surface area (Å²) >= 11 is 0. The lowest BCUT2D eigenvalue weighted by Gasteiger charge is -2.34. The Labute approximate surface area is 308 Å². The van der Waals surface area contributed by atoms with Crippen LogP contribution >= 0.6 is 0 Å². The molecule has 50 heavy (non-hydrogen) atoms. The van der Waals surface area contributed by atoms with Crippen molar-refractivity contribution >= 4 is 17.9 Å². The minimum absolute atomic E-state index is 0.0489. The van der Waals surface area contributed by atoms with Crippen LogP contribution in [0.3, 0.4) is 0 Å². The number of aliphatic carboxylic acids is 1. The first kappa shape index (κ1) is 48.3. The highest BCUT2D eigenvalue weighted by atomic mass is 16.6. The molecule has 0 saturated carbocycles. The zero-order valence-electron chi connectivity index (χ0n) is 33.6. The molecule has 0 bridgehead atoms. The van der Waals surface area contributed by atoms with Crippen molar-refractivity contribution in [1.82, 2.24) is 0 Å². The Bertz CT molecular complexity index is 797. The van der Waals surface area contributed by atoms with Crippen molar-refractivity contribution in [3.05, 3.63) is 0 Å². The van der Waals surface area contributed by atoms with E-state index in [4.69, 9.17) is 14.2 Å². The molecule has 0 fully saturated rings. The van der Waals surface area contributed by atoms with Crippen molar-refractivity contribution < 1.29 is 38.2 Å². The van der Waals surface area contributed by atoms with Crippen LogP contribution in [0.15, 0.2) is 0 Å². The number of hydrogen-bond donors (Lipinski definition) is 0. The van der Waals surface area contributed by atoms with E-state index in [1.165, 1.54) is 128 Å². The highest BCUT2D eigenvalue weighted by Gasteiger charge is 2.25. The highest BCUT2D eigenvalue weighted by Crippen LogP contribution is 2.15. The van der Waals surface area contributed by atoms with Gasteiger partial charge >= 0.3 is 11.9 Å². The third-order valence-electron chi connectivity index (χ3n) is 9.74. The lowest BCUT2D eigenvalue weighted by Crippen LogP contribution is -2.55. The normalized spacial score (nSPS) is 12.9. The van der Waals surface area contributed by atoms with Gasteiger partial charge in [-0.05, 0) is 12.8 Å². The Morgan fingerprint density at radius 1 is 0.520 bits per heavy atom. The van der Waals surface area contributed by atoms with Crippen LogP contribution in [0, 0.1) is 0 Å². The molecule has 0 aromatic rings. The van der Waals surface area contributed by atoms with Gasteiger partial charge in [-0.25, -0.2) is 0 Å². The first-order valence-electron chi connectivity index (χ1n) is 21.1. The molecule has 0 rings (SSSR count). The van der Waals surface area contributed by atoms with E-state index in [-0.39, 0.29) is 42.7 Å². The Kier molecular flexibility index (Phi) is 33.3. The fourth-order valence-corrected chi connectivity index (χ4v) is 6.42. The van der Waals surface area contributed by atoms with Crippen molar-refractivity contribution in [1.29, 1.82) is 0 Å². The van der Waals surface area contributed by atoms with Gasteiger partial charge in [-0.1, -0.05) is 168 Å². The number of nitrogens with zero attached hydrogens (tertiary/aromatic N) is 1. The van der Waals surface area contributed by atoms with Gasteiger partial charge < -0.3 is 28.6 Å². The van der Waals surface area contributed by atoms with Gasteiger partial charge in [0.1, 0.15) is 12.6 Å². The molecule has 0 N–H and O–H groups in total. The van der Waals surface area contributed by atoms with E-state index in [2.05, 4.69) is 13.8 Å². The zero-order valence-corrected chi connectivity index (χ0v) is 33.6. The maximum Gasteiger partial charge on any atom is 0.306 e. The fourth-order valence-electron chi connectivity index (χ4n) is 6.42. The number of carboxylic acid groups (broad SMARTS) is 1. The number of unbranched alkanes of at least 4 members (excludes halogenated alkanes) is 24. The molecule has 0 aliphatic rings. The van der Waals surface area contributed by atoms with Crippen LogP contribution in [0.4, 0.5) is 0 Å². The topological polar surface area (TPSA) is 102 Å². The number of likely N-dealkylation sites (N-methyl/N-ethyl adjacent to an activating group) is 1. The Morgan fingerprint density at radius 2 is 0.880 bits per heavy atom. The van der Waals surface area contributed by atoms with E-state index in [1.54, 1.807) is 21.1 Å². The van der Waals surface area contributed by atoms with Crippen LogP contribution in [-0.2, 0) is 28.6 Å². The number of esters is 2. The fraction of sp³-hybridized carbons (Fsp3) is 0.929. The first-order chi connectivity index (χ1) is 24.1. The molecular formula is C42H81NO7. The second kappa shape index (κ2) is 34.4. The molecule has 2 atom stereocenters. The number of carbonyl (C=O) groups excluding carboxylic acids is 3. The number of quaternary nitrogens is 1. The Morgan fingerprint density at radius 3 is 1.24 bits per heavy atom. The number of carbonyl (C=O) groups is 3. The third-order valence-corrected chi connectivity index (χ3v) is 9.74. The molecule has 0 aliphatic heterocycles. The second-order valence-electron chi connectivity index (χ2n) is 15.6. The summed E-state index contributed by atoms with van der Waals surface area (Å²) < 4.78 is 17.1. The summed E-state index contributed by atoms with van der Waals surface area (Å²) in [6.07, 6.45) is 32.6. The van der Waals surface area contributed by atoms with E-state index in [0.717, 1.165) is 38.5 Å². The maximum atomic E-state index is 12.7. The molecule has 0 amide bonds. The van der Waals surface area contributed by atoms with E-state index >= 15 is 0 Å². The van der Waals surface area contributed by atoms with E-state index < -0.39 is 18.1 Å². The molecule has 0 saturated heterocycles.